The van der Waals surface area contributed by atoms with E-state index in [0.29, 0.717) is 17.9 Å². The van der Waals surface area contributed by atoms with E-state index in [0.717, 1.165) is 36.7 Å². The zero-order valence-corrected chi connectivity index (χ0v) is 19.5. The summed E-state index contributed by atoms with van der Waals surface area (Å²) in [6.07, 6.45) is 2.65. The van der Waals surface area contributed by atoms with Crippen LogP contribution in [0.4, 0.5) is 0 Å². The first-order chi connectivity index (χ1) is 16.0. The summed E-state index contributed by atoms with van der Waals surface area (Å²) in [6.45, 7) is 5.78. The van der Waals surface area contributed by atoms with Gasteiger partial charge < -0.3 is 5.32 Å². The Bertz CT molecular complexity index is 1100. The van der Waals surface area contributed by atoms with Crippen LogP contribution >= 0.6 is 0 Å². The number of nitrogens with one attached hydrogen (secondary N) is 2. The number of fused-ring (bicyclic) bond motifs is 1. The minimum absolute atomic E-state index is 0.141. The Hall–Kier alpha value is -3.18. The molecule has 1 fully saturated rings. The van der Waals surface area contributed by atoms with Gasteiger partial charge in [0.05, 0.1) is 0 Å². The lowest BCUT2D eigenvalue weighted by molar-refractivity contribution is -0.127. The minimum atomic E-state index is -0.572. The van der Waals surface area contributed by atoms with Crippen molar-refractivity contribution in [1.82, 2.24) is 15.8 Å². The molecule has 0 aliphatic carbocycles. The van der Waals surface area contributed by atoms with E-state index in [1.165, 1.54) is 5.56 Å². The predicted molar refractivity (Wildman–Crippen MR) is 133 cm³/mol. The first-order valence-electron chi connectivity index (χ1n) is 11.9. The molecule has 0 unspecified atom stereocenters. The van der Waals surface area contributed by atoms with Crippen LogP contribution in [0, 0.1) is 11.8 Å². The zero-order chi connectivity index (χ0) is 23.2. The molecule has 2 amide bonds. The normalized spacial score (nSPS) is 17.2. The number of rotatable bonds is 8. The van der Waals surface area contributed by atoms with Crippen molar-refractivity contribution in [3.05, 3.63) is 83.9 Å². The molecule has 3 aromatic rings. The molecular weight excluding hydrogens is 410 g/mol. The van der Waals surface area contributed by atoms with Crippen LogP contribution in [-0.2, 0) is 11.2 Å². The van der Waals surface area contributed by atoms with Crippen molar-refractivity contribution in [2.45, 2.75) is 39.2 Å². The quantitative estimate of drug-likeness (QED) is 0.536. The second-order valence-electron chi connectivity index (χ2n) is 9.48. The molecular formula is C28H33N3O2. The maximum absolute atomic E-state index is 13.1. The molecule has 1 saturated heterocycles. The van der Waals surface area contributed by atoms with Gasteiger partial charge in [-0.1, -0.05) is 74.5 Å². The van der Waals surface area contributed by atoms with Crippen LogP contribution in [0.25, 0.3) is 10.8 Å². The van der Waals surface area contributed by atoms with Crippen molar-refractivity contribution < 1.29 is 9.59 Å². The largest absolute Gasteiger partial charge is 0.340 e. The molecule has 0 radical (unpaired) electrons. The van der Waals surface area contributed by atoms with Gasteiger partial charge >= 0.3 is 0 Å². The molecule has 1 heterocycles. The van der Waals surface area contributed by atoms with E-state index < -0.39 is 6.04 Å². The van der Waals surface area contributed by atoms with Crippen LogP contribution in [0.1, 0.15) is 42.6 Å². The summed E-state index contributed by atoms with van der Waals surface area (Å²) in [5.74, 6) is 0.439. The third-order valence-corrected chi connectivity index (χ3v) is 6.26. The van der Waals surface area contributed by atoms with Crippen molar-refractivity contribution >= 4 is 22.6 Å². The number of hydrogen-bond donors (Lipinski definition) is 2. The van der Waals surface area contributed by atoms with Gasteiger partial charge in [-0.05, 0) is 59.6 Å². The van der Waals surface area contributed by atoms with E-state index in [4.69, 9.17) is 0 Å². The van der Waals surface area contributed by atoms with E-state index in [-0.39, 0.29) is 17.7 Å². The summed E-state index contributed by atoms with van der Waals surface area (Å²) in [5, 5.41) is 7.08. The van der Waals surface area contributed by atoms with Crippen molar-refractivity contribution in [2.24, 2.45) is 11.8 Å². The molecule has 0 bridgehead atoms. The summed E-state index contributed by atoms with van der Waals surface area (Å²) in [5.41, 5.74) is 4.96. The second kappa shape index (κ2) is 10.6. The molecule has 2 atom stereocenters. The van der Waals surface area contributed by atoms with Crippen LogP contribution in [0.5, 0.6) is 0 Å². The fourth-order valence-corrected chi connectivity index (χ4v) is 4.56. The van der Waals surface area contributed by atoms with Gasteiger partial charge in [0.1, 0.15) is 6.04 Å². The SMILES string of the molecule is CC(C)C[C@H](NC(=O)c1ccc2ccccc2c1)C(=O)NN1CC[C@H](Cc2ccccc2)C1. The highest BCUT2D eigenvalue weighted by atomic mass is 16.2. The Morgan fingerprint density at radius 3 is 2.45 bits per heavy atom. The van der Waals surface area contributed by atoms with Crippen molar-refractivity contribution in [3.8, 4) is 0 Å². The van der Waals surface area contributed by atoms with E-state index in [1.807, 2.05) is 53.5 Å². The molecule has 5 heteroatoms. The fraction of sp³-hybridized carbons (Fsp3) is 0.357. The number of amides is 2. The molecule has 1 aliphatic heterocycles. The highest BCUT2D eigenvalue weighted by Crippen LogP contribution is 2.20. The van der Waals surface area contributed by atoms with Crippen molar-refractivity contribution in [3.63, 3.8) is 0 Å². The van der Waals surface area contributed by atoms with Crippen LogP contribution in [0.3, 0.4) is 0 Å². The smallest absolute Gasteiger partial charge is 0.256 e. The minimum Gasteiger partial charge on any atom is -0.340 e. The molecule has 2 N–H and O–H groups in total. The van der Waals surface area contributed by atoms with Crippen LogP contribution in [-0.4, -0.2) is 36.0 Å². The zero-order valence-electron chi connectivity index (χ0n) is 19.5. The predicted octanol–water partition coefficient (Wildman–Crippen LogP) is 4.58. The summed E-state index contributed by atoms with van der Waals surface area (Å²) in [4.78, 5) is 26.1. The second-order valence-corrected chi connectivity index (χ2v) is 9.48. The lowest BCUT2D eigenvalue weighted by Crippen LogP contribution is -2.52. The molecule has 0 aromatic heterocycles. The molecule has 5 nitrogen and oxygen atoms in total. The highest BCUT2D eigenvalue weighted by Gasteiger charge is 2.28. The van der Waals surface area contributed by atoms with Gasteiger partial charge in [-0.25, -0.2) is 5.01 Å². The maximum Gasteiger partial charge on any atom is 0.256 e. The third kappa shape index (κ3) is 6.20. The first-order valence-corrected chi connectivity index (χ1v) is 11.9. The van der Waals surface area contributed by atoms with Crippen molar-refractivity contribution in [2.75, 3.05) is 13.1 Å². The Morgan fingerprint density at radius 1 is 0.970 bits per heavy atom. The fourth-order valence-electron chi connectivity index (χ4n) is 4.56. The Morgan fingerprint density at radius 2 is 1.70 bits per heavy atom. The molecule has 1 aliphatic rings. The highest BCUT2D eigenvalue weighted by molar-refractivity contribution is 6.00. The Labute approximate surface area is 196 Å². The number of nitrogens with zero attached hydrogens (tertiary/aromatic N) is 1. The number of benzene rings is 3. The van der Waals surface area contributed by atoms with Gasteiger partial charge in [-0.2, -0.15) is 0 Å². The first kappa shape index (κ1) is 23.0. The van der Waals surface area contributed by atoms with Crippen LogP contribution < -0.4 is 10.7 Å². The van der Waals surface area contributed by atoms with E-state index in [9.17, 15) is 9.59 Å². The van der Waals surface area contributed by atoms with Gasteiger partial charge in [0, 0.05) is 18.7 Å². The van der Waals surface area contributed by atoms with E-state index >= 15 is 0 Å². The summed E-state index contributed by atoms with van der Waals surface area (Å²) in [6, 6.07) is 23.5. The molecule has 4 rings (SSSR count). The topological polar surface area (TPSA) is 61.4 Å². The van der Waals surface area contributed by atoms with Gasteiger partial charge in [0.25, 0.3) is 11.8 Å². The van der Waals surface area contributed by atoms with E-state index in [1.54, 1.807) is 0 Å². The summed E-state index contributed by atoms with van der Waals surface area (Å²) in [7, 11) is 0. The Balaban J connectivity index is 1.37. The van der Waals surface area contributed by atoms with Gasteiger partial charge in [0.2, 0.25) is 0 Å². The molecule has 33 heavy (non-hydrogen) atoms. The number of hydrazine groups is 1. The average molecular weight is 444 g/mol. The Kier molecular flexibility index (Phi) is 7.40. The lowest BCUT2D eigenvalue weighted by atomic mass is 9.99. The molecule has 0 saturated carbocycles. The van der Waals surface area contributed by atoms with Gasteiger partial charge in [-0.15, -0.1) is 0 Å². The maximum atomic E-state index is 13.1. The van der Waals surface area contributed by atoms with Gasteiger partial charge in [0.15, 0.2) is 0 Å². The lowest BCUT2D eigenvalue weighted by Gasteiger charge is -2.24. The summed E-state index contributed by atoms with van der Waals surface area (Å²) >= 11 is 0. The van der Waals surface area contributed by atoms with Crippen molar-refractivity contribution in [1.29, 1.82) is 0 Å². The average Bonchev–Trinajstić information content (AvgIpc) is 3.25. The summed E-state index contributed by atoms with van der Waals surface area (Å²) < 4.78 is 0. The monoisotopic (exact) mass is 443 g/mol. The van der Waals surface area contributed by atoms with E-state index in [2.05, 4.69) is 48.9 Å². The third-order valence-electron chi connectivity index (χ3n) is 6.26. The molecule has 3 aromatic carbocycles. The molecule has 172 valence electrons. The molecule has 0 spiro atoms. The number of hydrogen-bond acceptors (Lipinski definition) is 3. The van der Waals surface area contributed by atoms with Crippen LogP contribution in [0.15, 0.2) is 72.8 Å². The standard InChI is InChI=1S/C28H33N3O2/c1-20(2)16-26(29-27(32)25-13-12-23-10-6-7-11-24(23)18-25)28(33)30-31-15-14-22(19-31)17-21-8-4-3-5-9-21/h3-13,18,20,22,26H,14-17,19H2,1-2H3,(H,29,32)(H,30,33)/t22-,26+/m1/s1. The number of carbonyl (C=O) groups excluding carboxylic acids is 2. The van der Waals surface area contributed by atoms with Gasteiger partial charge in [-0.3, -0.25) is 15.0 Å². The van der Waals surface area contributed by atoms with Crippen LogP contribution in [0.2, 0.25) is 0 Å². The number of carbonyl (C=O) groups is 2.